The Morgan fingerprint density at radius 1 is 1.37 bits per heavy atom. The van der Waals surface area contributed by atoms with E-state index in [1.54, 1.807) is 6.07 Å². The number of nitrogens with zero attached hydrogens (tertiary/aromatic N) is 3. The molecule has 100 valence electrons. The Labute approximate surface area is 116 Å². The zero-order chi connectivity index (χ0) is 13.4. The van der Waals surface area contributed by atoms with Gasteiger partial charge in [-0.15, -0.1) is 0 Å². The fourth-order valence-electron chi connectivity index (χ4n) is 1.98. The molecular weight excluding hydrogens is 264 g/mol. The van der Waals surface area contributed by atoms with Gasteiger partial charge in [0.2, 0.25) is 0 Å². The highest BCUT2D eigenvalue weighted by molar-refractivity contribution is 6.29. The first kappa shape index (κ1) is 12.4. The van der Waals surface area contributed by atoms with Crippen molar-refractivity contribution in [3.8, 4) is 0 Å². The van der Waals surface area contributed by atoms with Gasteiger partial charge in [0.05, 0.1) is 5.69 Å². The largest absolute Gasteiger partial charge is 0.366 e. The summed E-state index contributed by atoms with van der Waals surface area (Å²) in [7, 11) is 0. The molecule has 0 saturated heterocycles. The van der Waals surface area contributed by atoms with Gasteiger partial charge in [-0.25, -0.2) is 9.97 Å². The number of anilines is 1. The zero-order valence-corrected chi connectivity index (χ0v) is 11.7. The molecule has 0 unspecified atom stereocenters. The van der Waals surface area contributed by atoms with Crippen LogP contribution in [0.15, 0.2) is 10.6 Å². The minimum atomic E-state index is 0.484. The van der Waals surface area contributed by atoms with E-state index in [0.29, 0.717) is 17.6 Å². The van der Waals surface area contributed by atoms with Crippen LogP contribution in [0.4, 0.5) is 5.82 Å². The van der Waals surface area contributed by atoms with Gasteiger partial charge in [-0.2, -0.15) is 0 Å². The Balaban J connectivity index is 1.76. The lowest BCUT2D eigenvalue weighted by molar-refractivity contribution is 0.392. The molecule has 0 aliphatic heterocycles. The highest BCUT2D eigenvalue weighted by atomic mass is 35.5. The van der Waals surface area contributed by atoms with Crippen LogP contribution in [0, 0.1) is 13.8 Å². The van der Waals surface area contributed by atoms with Gasteiger partial charge in [0.15, 0.2) is 0 Å². The Kier molecular flexibility index (Phi) is 3.14. The van der Waals surface area contributed by atoms with Crippen LogP contribution in [-0.2, 0) is 6.54 Å². The van der Waals surface area contributed by atoms with E-state index in [1.807, 2.05) is 13.8 Å². The smallest absolute Gasteiger partial charge is 0.138 e. The molecule has 1 aliphatic carbocycles. The highest BCUT2D eigenvalue weighted by Crippen LogP contribution is 2.38. The van der Waals surface area contributed by atoms with Crippen LogP contribution in [-0.4, -0.2) is 15.1 Å². The fraction of sp³-hybridized carbons (Fsp3) is 0.462. The third kappa shape index (κ3) is 2.71. The molecule has 0 spiro atoms. The summed E-state index contributed by atoms with van der Waals surface area (Å²) in [6.45, 7) is 4.45. The monoisotopic (exact) mass is 278 g/mol. The summed E-state index contributed by atoms with van der Waals surface area (Å²) in [5.41, 5.74) is 1.95. The topological polar surface area (TPSA) is 63.8 Å². The summed E-state index contributed by atoms with van der Waals surface area (Å²) in [5, 5.41) is 7.67. The molecule has 2 aromatic rings. The molecule has 0 aromatic carbocycles. The van der Waals surface area contributed by atoms with Crippen LogP contribution in [0.25, 0.3) is 0 Å². The maximum Gasteiger partial charge on any atom is 0.138 e. The van der Waals surface area contributed by atoms with E-state index in [0.717, 1.165) is 41.5 Å². The average Bonchev–Trinajstić information content (AvgIpc) is 3.15. The normalized spacial score (nSPS) is 14.7. The van der Waals surface area contributed by atoms with E-state index in [4.69, 9.17) is 16.1 Å². The number of hydrogen-bond donors (Lipinski definition) is 1. The maximum atomic E-state index is 6.02. The number of aryl methyl sites for hydroxylation is 2. The molecule has 1 fully saturated rings. The van der Waals surface area contributed by atoms with Gasteiger partial charge in [-0.3, -0.25) is 0 Å². The summed E-state index contributed by atoms with van der Waals surface area (Å²) in [6, 6.07) is 1.74. The van der Waals surface area contributed by atoms with Crippen LogP contribution < -0.4 is 5.32 Å². The third-order valence-electron chi connectivity index (χ3n) is 3.28. The predicted molar refractivity (Wildman–Crippen MR) is 72.3 cm³/mol. The molecule has 2 aromatic heterocycles. The second kappa shape index (κ2) is 4.81. The molecular formula is C13H15ClN4O. The number of hydrogen-bond acceptors (Lipinski definition) is 5. The molecule has 0 bridgehead atoms. The van der Waals surface area contributed by atoms with Crippen LogP contribution in [0.1, 0.15) is 41.6 Å². The standard InChI is InChI=1S/C13H15ClN4O/c1-7-10(8(2)19-18-7)6-15-12-5-11(14)16-13(17-12)9-3-4-9/h5,9H,3-4,6H2,1-2H3,(H,15,16,17). The Morgan fingerprint density at radius 2 is 2.16 bits per heavy atom. The Hall–Kier alpha value is -1.62. The summed E-state index contributed by atoms with van der Waals surface area (Å²) in [5.74, 6) is 2.90. The zero-order valence-electron chi connectivity index (χ0n) is 10.9. The van der Waals surface area contributed by atoms with E-state index in [1.165, 1.54) is 0 Å². The summed E-state index contributed by atoms with van der Waals surface area (Å²) in [4.78, 5) is 8.76. The molecule has 6 heteroatoms. The first-order valence-corrected chi connectivity index (χ1v) is 6.71. The van der Waals surface area contributed by atoms with Gasteiger partial charge in [0.25, 0.3) is 0 Å². The van der Waals surface area contributed by atoms with Crippen LogP contribution in [0.5, 0.6) is 0 Å². The fourth-order valence-corrected chi connectivity index (χ4v) is 2.17. The van der Waals surface area contributed by atoms with Gasteiger partial charge in [0, 0.05) is 24.1 Å². The number of aromatic nitrogens is 3. The number of nitrogens with one attached hydrogen (secondary N) is 1. The van der Waals surface area contributed by atoms with Crippen molar-refractivity contribution in [2.75, 3.05) is 5.32 Å². The van der Waals surface area contributed by atoms with E-state index in [9.17, 15) is 0 Å². The van der Waals surface area contributed by atoms with E-state index in [2.05, 4.69) is 20.4 Å². The average molecular weight is 279 g/mol. The molecule has 1 saturated carbocycles. The molecule has 0 atom stereocenters. The molecule has 1 aliphatic rings. The predicted octanol–water partition coefficient (Wildman–Crippen LogP) is 3.22. The minimum Gasteiger partial charge on any atom is -0.366 e. The van der Waals surface area contributed by atoms with Crippen LogP contribution in [0.3, 0.4) is 0 Å². The quantitative estimate of drug-likeness (QED) is 0.870. The molecule has 19 heavy (non-hydrogen) atoms. The first-order valence-electron chi connectivity index (χ1n) is 6.33. The van der Waals surface area contributed by atoms with Gasteiger partial charge in [-0.05, 0) is 26.7 Å². The van der Waals surface area contributed by atoms with E-state index in [-0.39, 0.29) is 0 Å². The lowest BCUT2D eigenvalue weighted by atomic mass is 10.2. The molecule has 1 N–H and O–H groups in total. The molecule has 3 rings (SSSR count). The molecule has 5 nitrogen and oxygen atoms in total. The van der Waals surface area contributed by atoms with Gasteiger partial charge in [0.1, 0.15) is 22.6 Å². The maximum absolute atomic E-state index is 6.02. The second-order valence-electron chi connectivity index (χ2n) is 4.86. The van der Waals surface area contributed by atoms with E-state index >= 15 is 0 Å². The van der Waals surface area contributed by atoms with Crippen molar-refractivity contribution >= 4 is 17.4 Å². The van der Waals surface area contributed by atoms with Crippen molar-refractivity contribution in [1.29, 1.82) is 0 Å². The first-order chi connectivity index (χ1) is 9.13. The van der Waals surface area contributed by atoms with E-state index < -0.39 is 0 Å². The Bertz CT molecular complexity index is 587. The number of rotatable bonds is 4. The van der Waals surface area contributed by atoms with Crippen molar-refractivity contribution in [3.63, 3.8) is 0 Å². The van der Waals surface area contributed by atoms with Crippen molar-refractivity contribution < 1.29 is 4.52 Å². The van der Waals surface area contributed by atoms with Crippen LogP contribution in [0.2, 0.25) is 5.15 Å². The van der Waals surface area contributed by atoms with Crippen molar-refractivity contribution in [2.45, 2.75) is 39.2 Å². The van der Waals surface area contributed by atoms with Crippen molar-refractivity contribution in [2.24, 2.45) is 0 Å². The van der Waals surface area contributed by atoms with Gasteiger partial charge >= 0.3 is 0 Å². The number of halogens is 1. The lowest BCUT2D eigenvalue weighted by Gasteiger charge is -2.07. The van der Waals surface area contributed by atoms with Crippen molar-refractivity contribution in [3.05, 3.63) is 34.1 Å². The second-order valence-corrected chi connectivity index (χ2v) is 5.25. The lowest BCUT2D eigenvalue weighted by Crippen LogP contribution is -2.05. The van der Waals surface area contributed by atoms with Gasteiger partial charge < -0.3 is 9.84 Å². The minimum absolute atomic E-state index is 0.484. The SMILES string of the molecule is Cc1noc(C)c1CNc1cc(Cl)nc(C2CC2)n1. The molecule has 0 amide bonds. The summed E-state index contributed by atoms with van der Waals surface area (Å²) < 4.78 is 5.13. The third-order valence-corrected chi connectivity index (χ3v) is 3.48. The molecule has 2 heterocycles. The summed E-state index contributed by atoms with van der Waals surface area (Å²) in [6.07, 6.45) is 2.31. The van der Waals surface area contributed by atoms with Crippen molar-refractivity contribution in [1.82, 2.24) is 15.1 Å². The van der Waals surface area contributed by atoms with Crippen LogP contribution >= 0.6 is 11.6 Å². The van der Waals surface area contributed by atoms with Gasteiger partial charge in [-0.1, -0.05) is 16.8 Å². The summed E-state index contributed by atoms with van der Waals surface area (Å²) >= 11 is 6.02. The Morgan fingerprint density at radius 3 is 2.79 bits per heavy atom. The highest BCUT2D eigenvalue weighted by Gasteiger charge is 2.27. The molecule has 0 radical (unpaired) electrons.